The predicted octanol–water partition coefficient (Wildman–Crippen LogP) is 4.02. The second-order valence-electron chi connectivity index (χ2n) is 8.01. The van der Waals surface area contributed by atoms with Crippen LogP contribution in [0.5, 0.6) is 11.5 Å². The Labute approximate surface area is 217 Å². The SMILES string of the molecule is COc1ccc(NC(=O)CSCc2csc(NC(=O)C3CC(=O)N(c4cccc(OC)c4)C3)n2)cc1. The van der Waals surface area contributed by atoms with Crippen molar-refractivity contribution >= 4 is 57.3 Å². The van der Waals surface area contributed by atoms with Crippen LogP contribution in [0.2, 0.25) is 0 Å². The lowest BCUT2D eigenvalue weighted by molar-refractivity contribution is -0.122. The van der Waals surface area contributed by atoms with Gasteiger partial charge in [0.05, 0.1) is 31.6 Å². The number of methoxy groups -OCH3 is 2. The van der Waals surface area contributed by atoms with Crippen molar-refractivity contribution in [1.29, 1.82) is 0 Å². The van der Waals surface area contributed by atoms with Gasteiger partial charge in [-0.2, -0.15) is 0 Å². The summed E-state index contributed by atoms with van der Waals surface area (Å²) in [6, 6.07) is 14.3. The number of aromatic nitrogens is 1. The highest BCUT2D eigenvalue weighted by Crippen LogP contribution is 2.29. The van der Waals surface area contributed by atoms with Gasteiger partial charge in [0.25, 0.3) is 0 Å². The number of nitrogens with zero attached hydrogens (tertiary/aromatic N) is 2. The molecule has 1 aliphatic rings. The van der Waals surface area contributed by atoms with Crippen molar-refractivity contribution in [2.45, 2.75) is 12.2 Å². The molecule has 2 aromatic carbocycles. The molecule has 4 rings (SSSR count). The van der Waals surface area contributed by atoms with Gasteiger partial charge in [0, 0.05) is 41.5 Å². The van der Waals surface area contributed by atoms with E-state index in [2.05, 4.69) is 15.6 Å². The third-order valence-electron chi connectivity index (χ3n) is 5.50. The summed E-state index contributed by atoms with van der Waals surface area (Å²) in [6.07, 6.45) is 0.139. The largest absolute Gasteiger partial charge is 0.497 e. The van der Waals surface area contributed by atoms with E-state index >= 15 is 0 Å². The van der Waals surface area contributed by atoms with Gasteiger partial charge in [-0.25, -0.2) is 4.98 Å². The molecule has 36 heavy (non-hydrogen) atoms. The van der Waals surface area contributed by atoms with Crippen molar-refractivity contribution in [3.63, 3.8) is 0 Å². The normalized spacial score (nSPS) is 15.0. The zero-order valence-corrected chi connectivity index (χ0v) is 21.5. The van der Waals surface area contributed by atoms with Gasteiger partial charge in [0.15, 0.2) is 5.13 Å². The molecule has 1 aliphatic heterocycles. The third kappa shape index (κ3) is 6.55. The predicted molar refractivity (Wildman–Crippen MR) is 142 cm³/mol. The molecule has 0 radical (unpaired) electrons. The molecule has 0 saturated carbocycles. The lowest BCUT2D eigenvalue weighted by Crippen LogP contribution is -2.28. The molecule has 0 spiro atoms. The Bertz CT molecular complexity index is 1230. The molecule has 3 aromatic rings. The first-order valence-corrected chi connectivity index (χ1v) is 13.2. The van der Waals surface area contributed by atoms with Crippen LogP contribution in [-0.2, 0) is 20.1 Å². The highest BCUT2D eigenvalue weighted by molar-refractivity contribution is 7.99. The number of benzene rings is 2. The van der Waals surface area contributed by atoms with E-state index < -0.39 is 5.92 Å². The van der Waals surface area contributed by atoms with Crippen LogP contribution in [0, 0.1) is 5.92 Å². The number of carbonyl (C=O) groups excluding carboxylic acids is 3. The summed E-state index contributed by atoms with van der Waals surface area (Å²) >= 11 is 2.75. The number of hydrogen-bond donors (Lipinski definition) is 2. The third-order valence-corrected chi connectivity index (χ3v) is 7.27. The highest BCUT2D eigenvalue weighted by atomic mass is 32.2. The first-order chi connectivity index (χ1) is 17.4. The van der Waals surface area contributed by atoms with Crippen LogP contribution < -0.4 is 25.0 Å². The van der Waals surface area contributed by atoms with Crippen LogP contribution >= 0.6 is 23.1 Å². The minimum Gasteiger partial charge on any atom is -0.497 e. The maximum absolute atomic E-state index is 12.8. The quantitative estimate of drug-likeness (QED) is 0.411. The number of carbonyl (C=O) groups is 3. The molecule has 2 heterocycles. The fourth-order valence-electron chi connectivity index (χ4n) is 3.67. The summed E-state index contributed by atoms with van der Waals surface area (Å²) in [5, 5.41) is 8.00. The second kappa shape index (κ2) is 11.9. The van der Waals surface area contributed by atoms with Gasteiger partial charge in [0.1, 0.15) is 11.5 Å². The molecule has 1 saturated heterocycles. The van der Waals surface area contributed by atoms with Crippen LogP contribution in [0.3, 0.4) is 0 Å². The number of nitrogens with one attached hydrogen (secondary N) is 2. The maximum Gasteiger partial charge on any atom is 0.234 e. The zero-order chi connectivity index (χ0) is 25.5. The Balaban J connectivity index is 1.23. The summed E-state index contributed by atoms with van der Waals surface area (Å²) < 4.78 is 10.3. The van der Waals surface area contributed by atoms with Crippen molar-refractivity contribution in [2.24, 2.45) is 5.92 Å². The fourth-order valence-corrected chi connectivity index (χ4v) is 5.20. The van der Waals surface area contributed by atoms with Crippen LogP contribution in [0.4, 0.5) is 16.5 Å². The van der Waals surface area contributed by atoms with Gasteiger partial charge >= 0.3 is 0 Å². The van der Waals surface area contributed by atoms with Crippen LogP contribution in [-0.4, -0.2) is 49.2 Å². The molecule has 11 heteroatoms. The minimum absolute atomic E-state index is 0.104. The highest BCUT2D eigenvalue weighted by Gasteiger charge is 2.35. The van der Waals surface area contributed by atoms with E-state index in [1.807, 2.05) is 17.5 Å². The topological polar surface area (TPSA) is 110 Å². The molecule has 1 aromatic heterocycles. The smallest absolute Gasteiger partial charge is 0.234 e. The molecule has 188 valence electrons. The maximum atomic E-state index is 12.8. The van der Waals surface area contributed by atoms with E-state index in [-0.39, 0.29) is 29.9 Å². The van der Waals surface area contributed by atoms with E-state index in [4.69, 9.17) is 9.47 Å². The summed E-state index contributed by atoms with van der Waals surface area (Å²) in [5.74, 6) is 1.27. The lowest BCUT2D eigenvalue weighted by atomic mass is 10.1. The van der Waals surface area contributed by atoms with Crippen LogP contribution in [0.1, 0.15) is 12.1 Å². The Kier molecular flexibility index (Phi) is 8.44. The monoisotopic (exact) mass is 526 g/mol. The van der Waals surface area contributed by atoms with E-state index in [1.54, 1.807) is 55.5 Å². The number of ether oxygens (including phenoxy) is 2. The molecule has 1 atom stereocenters. The van der Waals surface area contributed by atoms with E-state index in [9.17, 15) is 14.4 Å². The fraction of sp³-hybridized carbons (Fsp3) is 0.280. The molecule has 1 fully saturated rings. The van der Waals surface area contributed by atoms with Crippen molar-refractivity contribution < 1.29 is 23.9 Å². The molecule has 0 aliphatic carbocycles. The first kappa shape index (κ1) is 25.5. The molecular weight excluding hydrogens is 500 g/mol. The number of anilines is 3. The van der Waals surface area contributed by atoms with Crippen molar-refractivity contribution in [2.75, 3.05) is 42.1 Å². The number of hydrogen-bond acceptors (Lipinski definition) is 8. The average molecular weight is 527 g/mol. The number of thioether (sulfide) groups is 1. The van der Waals surface area contributed by atoms with Gasteiger partial charge in [-0.1, -0.05) is 6.07 Å². The summed E-state index contributed by atoms with van der Waals surface area (Å²) in [5.41, 5.74) is 2.19. The van der Waals surface area contributed by atoms with Crippen molar-refractivity contribution in [1.82, 2.24) is 4.98 Å². The van der Waals surface area contributed by atoms with E-state index in [0.29, 0.717) is 34.6 Å². The van der Waals surface area contributed by atoms with Gasteiger partial charge in [0.2, 0.25) is 17.7 Å². The number of rotatable bonds is 10. The first-order valence-electron chi connectivity index (χ1n) is 11.2. The second-order valence-corrected chi connectivity index (χ2v) is 9.85. The molecule has 2 N–H and O–H groups in total. The van der Waals surface area contributed by atoms with Crippen molar-refractivity contribution in [3.05, 3.63) is 59.6 Å². The Morgan fingerprint density at radius 1 is 1.11 bits per heavy atom. The zero-order valence-electron chi connectivity index (χ0n) is 19.9. The molecule has 9 nitrogen and oxygen atoms in total. The Morgan fingerprint density at radius 3 is 2.64 bits per heavy atom. The molecule has 0 bridgehead atoms. The standard InChI is InChI=1S/C25H26N4O5S2/c1-33-20-8-6-17(7-9-20)26-22(30)15-35-13-18-14-36-25(27-18)28-24(32)16-10-23(31)29(12-16)19-4-3-5-21(11-19)34-2/h3-9,11,14,16H,10,12-13,15H2,1-2H3,(H,26,30)(H,27,28,32). The summed E-state index contributed by atoms with van der Waals surface area (Å²) in [6.45, 7) is 0.301. The van der Waals surface area contributed by atoms with Gasteiger partial charge in [-0.3, -0.25) is 14.4 Å². The summed E-state index contributed by atoms with van der Waals surface area (Å²) in [4.78, 5) is 43.5. The number of thiazole rings is 1. The Morgan fingerprint density at radius 2 is 1.89 bits per heavy atom. The van der Waals surface area contributed by atoms with Crippen LogP contribution in [0.25, 0.3) is 0 Å². The van der Waals surface area contributed by atoms with E-state index in [1.165, 1.54) is 23.1 Å². The lowest BCUT2D eigenvalue weighted by Gasteiger charge is -2.17. The van der Waals surface area contributed by atoms with Gasteiger partial charge < -0.3 is 25.0 Å². The van der Waals surface area contributed by atoms with E-state index in [0.717, 1.165) is 11.4 Å². The molecular formula is C25H26N4O5S2. The minimum atomic E-state index is -0.466. The molecule has 1 unspecified atom stereocenters. The number of amides is 3. The van der Waals surface area contributed by atoms with Crippen molar-refractivity contribution in [3.8, 4) is 11.5 Å². The van der Waals surface area contributed by atoms with Gasteiger partial charge in [-0.05, 0) is 36.4 Å². The van der Waals surface area contributed by atoms with Gasteiger partial charge in [-0.15, -0.1) is 23.1 Å². The average Bonchev–Trinajstić information content (AvgIpc) is 3.50. The van der Waals surface area contributed by atoms with Crippen LogP contribution in [0.15, 0.2) is 53.9 Å². The Hall–Kier alpha value is -3.57. The molecule has 3 amide bonds. The summed E-state index contributed by atoms with van der Waals surface area (Å²) in [7, 11) is 3.16.